The van der Waals surface area contributed by atoms with Gasteiger partial charge in [-0.2, -0.15) is 0 Å². The highest BCUT2D eigenvalue weighted by Crippen LogP contribution is 2.25. The fraction of sp³-hybridized carbons (Fsp3) is 0. The van der Waals surface area contributed by atoms with E-state index in [2.05, 4.69) is 0 Å². The lowest BCUT2D eigenvalue weighted by Gasteiger charge is -1.98. The predicted molar refractivity (Wildman–Crippen MR) is 51.5 cm³/mol. The zero-order chi connectivity index (χ0) is 10.9. The van der Waals surface area contributed by atoms with E-state index in [9.17, 15) is 14.4 Å². The van der Waals surface area contributed by atoms with Crippen molar-refractivity contribution in [1.29, 1.82) is 0 Å². The molecule has 0 bridgehead atoms. The van der Waals surface area contributed by atoms with Crippen LogP contribution in [0.5, 0.6) is 0 Å². The average Bonchev–Trinajstić information content (AvgIpc) is 2.46. The number of hydrogen-bond acceptors (Lipinski definition) is 3. The molecule has 3 amide bonds. The largest absolute Gasteiger partial charge is 0.366 e. The number of nitrogens with two attached hydrogens (primary N) is 3. The Hall–Kier alpha value is -1.81. The van der Waals surface area contributed by atoms with E-state index in [-0.39, 0.29) is 24.6 Å². The zero-order valence-electron chi connectivity index (χ0n) is 7.03. The summed E-state index contributed by atoms with van der Waals surface area (Å²) in [5.74, 6) is -1.02. The summed E-state index contributed by atoms with van der Waals surface area (Å²) in [7, 11) is -0.132. The molecule has 74 valence electrons. The smallest absolute Gasteiger partial charge is 0.253 e. The van der Waals surface area contributed by atoms with E-state index in [1.807, 2.05) is 0 Å². The van der Waals surface area contributed by atoms with Gasteiger partial charge >= 0.3 is 0 Å². The summed E-state index contributed by atoms with van der Waals surface area (Å²) in [4.78, 5) is 32.7. The van der Waals surface area contributed by atoms with Gasteiger partial charge < -0.3 is 17.2 Å². The molecule has 14 heavy (non-hydrogen) atoms. The Balaban J connectivity index is 3.42. The summed E-state index contributed by atoms with van der Waals surface area (Å²) in [6.45, 7) is 0. The lowest BCUT2D eigenvalue weighted by atomic mass is 10.1. The Morgan fingerprint density at radius 1 is 1.00 bits per heavy atom. The minimum absolute atomic E-state index is 0.0235. The van der Waals surface area contributed by atoms with E-state index in [1.54, 1.807) is 0 Å². The van der Waals surface area contributed by atoms with Crippen molar-refractivity contribution < 1.29 is 14.4 Å². The maximum absolute atomic E-state index is 10.9. The van der Waals surface area contributed by atoms with E-state index >= 15 is 0 Å². The molecule has 1 aromatic heterocycles. The molecular formula is C7H8N3O3P. The van der Waals surface area contributed by atoms with E-state index in [1.165, 1.54) is 5.80 Å². The van der Waals surface area contributed by atoms with Crippen molar-refractivity contribution in [1.82, 2.24) is 0 Å². The first-order valence-corrected chi connectivity index (χ1v) is 4.63. The first kappa shape index (κ1) is 10.3. The molecule has 0 radical (unpaired) electrons. The first-order chi connectivity index (χ1) is 6.45. The molecule has 0 aliphatic carbocycles. The molecule has 6 N–H and O–H groups in total. The molecular weight excluding hydrogens is 205 g/mol. The van der Waals surface area contributed by atoms with Crippen LogP contribution in [-0.4, -0.2) is 17.7 Å². The Labute approximate surface area is 80.5 Å². The Morgan fingerprint density at radius 2 is 1.57 bits per heavy atom. The molecule has 0 aromatic carbocycles. The van der Waals surface area contributed by atoms with Crippen molar-refractivity contribution in [3.05, 3.63) is 22.2 Å². The van der Waals surface area contributed by atoms with Gasteiger partial charge in [0.15, 0.2) is 0 Å². The van der Waals surface area contributed by atoms with Gasteiger partial charge in [0, 0.05) is 0 Å². The summed E-state index contributed by atoms with van der Waals surface area (Å²) >= 11 is 0. The predicted octanol–water partition coefficient (Wildman–Crippen LogP) is -0.985. The van der Waals surface area contributed by atoms with Crippen LogP contribution in [0, 0.1) is 0 Å². The highest BCUT2D eigenvalue weighted by Gasteiger charge is 2.21. The van der Waals surface area contributed by atoms with Gasteiger partial charge in [-0.15, -0.1) is 8.19 Å². The Kier molecular flexibility index (Phi) is 2.58. The normalized spacial score (nSPS) is 10.3. The van der Waals surface area contributed by atoms with Gasteiger partial charge in [-0.25, -0.2) is 0 Å². The molecule has 1 unspecified atom stereocenters. The van der Waals surface area contributed by atoms with Crippen molar-refractivity contribution in [3.8, 4) is 0 Å². The van der Waals surface area contributed by atoms with Gasteiger partial charge in [0.05, 0.1) is 16.4 Å². The van der Waals surface area contributed by atoms with Crippen LogP contribution in [0.2, 0.25) is 0 Å². The van der Waals surface area contributed by atoms with Gasteiger partial charge in [0.25, 0.3) is 11.8 Å². The topological polar surface area (TPSA) is 129 Å². The molecule has 0 aliphatic heterocycles. The van der Waals surface area contributed by atoms with Gasteiger partial charge in [-0.3, -0.25) is 14.4 Å². The van der Waals surface area contributed by atoms with Crippen LogP contribution in [0.1, 0.15) is 30.8 Å². The van der Waals surface area contributed by atoms with Crippen molar-refractivity contribution in [3.63, 3.8) is 0 Å². The second-order valence-electron chi connectivity index (χ2n) is 2.55. The van der Waals surface area contributed by atoms with Crippen LogP contribution < -0.4 is 17.2 Å². The van der Waals surface area contributed by atoms with Crippen LogP contribution in [0.25, 0.3) is 0 Å². The van der Waals surface area contributed by atoms with Gasteiger partial charge in [-0.05, 0) is 5.80 Å². The van der Waals surface area contributed by atoms with E-state index in [0.717, 1.165) is 0 Å². The molecule has 0 saturated heterocycles. The highest BCUT2D eigenvalue weighted by atomic mass is 31.0. The van der Waals surface area contributed by atoms with Gasteiger partial charge in [-0.1, -0.05) is 0 Å². The molecule has 0 spiro atoms. The second-order valence-corrected chi connectivity index (χ2v) is 3.62. The highest BCUT2D eigenvalue weighted by molar-refractivity contribution is 7.32. The van der Waals surface area contributed by atoms with E-state index in [4.69, 9.17) is 17.2 Å². The van der Waals surface area contributed by atoms with Crippen LogP contribution in [0.3, 0.4) is 0 Å². The third-order valence-corrected chi connectivity index (χ3v) is 2.86. The summed E-state index contributed by atoms with van der Waals surface area (Å²) in [5.41, 5.74) is 14.8. The zero-order valence-corrected chi connectivity index (χ0v) is 8.03. The molecule has 0 saturated carbocycles. The number of rotatable bonds is 3. The quantitative estimate of drug-likeness (QED) is 0.596. The second kappa shape index (κ2) is 3.51. The van der Waals surface area contributed by atoms with Crippen LogP contribution >= 0.6 is 8.19 Å². The SMILES string of the molecule is NC(=O)c1c[pH]c(C(N)=O)c1C(N)=O. The average molecular weight is 213 g/mol. The van der Waals surface area contributed by atoms with Crippen molar-refractivity contribution >= 4 is 25.9 Å². The lowest BCUT2D eigenvalue weighted by Crippen LogP contribution is -2.22. The fourth-order valence-corrected chi connectivity index (χ4v) is 2.19. The Bertz CT molecular complexity index is 392. The van der Waals surface area contributed by atoms with Crippen LogP contribution in [-0.2, 0) is 0 Å². The summed E-state index contributed by atoms with van der Waals surface area (Å²) in [6, 6.07) is 0. The monoisotopic (exact) mass is 213 g/mol. The van der Waals surface area contributed by atoms with Crippen molar-refractivity contribution in [2.75, 3.05) is 0 Å². The summed E-state index contributed by atoms with van der Waals surface area (Å²) in [5, 5.41) is 0.0614. The molecule has 1 heterocycles. The van der Waals surface area contributed by atoms with Crippen LogP contribution in [0.4, 0.5) is 0 Å². The maximum atomic E-state index is 10.9. The summed E-state index contributed by atoms with van der Waals surface area (Å²) in [6.07, 6.45) is 0. The number of hydrogen-bond donors (Lipinski definition) is 3. The van der Waals surface area contributed by atoms with Crippen molar-refractivity contribution in [2.24, 2.45) is 17.2 Å². The number of carbonyl (C=O) groups excluding carboxylic acids is 3. The fourth-order valence-electron chi connectivity index (χ4n) is 1.07. The molecule has 6 nitrogen and oxygen atoms in total. The molecule has 1 atom stereocenters. The minimum atomic E-state index is -0.867. The molecule has 1 aromatic rings. The third kappa shape index (κ3) is 1.60. The first-order valence-electron chi connectivity index (χ1n) is 3.56. The standard InChI is InChI=1S/C7H8N3O3P/c8-5(11)2-1-14-4(7(10)13)3(2)6(9)12/h1,14H,(H2,8,11)(H2,9,12)(H2,10,13). The molecule has 7 heteroatoms. The molecule has 1 rings (SSSR count). The maximum Gasteiger partial charge on any atom is 0.253 e. The molecule has 0 aliphatic rings. The van der Waals surface area contributed by atoms with Gasteiger partial charge in [0.2, 0.25) is 5.91 Å². The van der Waals surface area contributed by atoms with Crippen molar-refractivity contribution in [2.45, 2.75) is 0 Å². The number of primary amides is 3. The third-order valence-electron chi connectivity index (χ3n) is 1.64. The number of amides is 3. The lowest BCUT2D eigenvalue weighted by molar-refractivity contribution is 0.0957. The Morgan fingerprint density at radius 3 is 1.93 bits per heavy atom. The van der Waals surface area contributed by atoms with Gasteiger partial charge in [0.1, 0.15) is 0 Å². The van der Waals surface area contributed by atoms with E-state index in [0.29, 0.717) is 0 Å². The molecule has 0 fully saturated rings. The van der Waals surface area contributed by atoms with Crippen LogP contribution in [0.15, 0.2) is 5.80 Å². The summed E-state index contributed by atoms with van der Waals surface area (Å²) < 4.78 is 0. The minimum Gasteiger partial charge on any atom is -0.366 e. The van der Waals surface area contributed by atoms with E-state index < -0.39 is 17.7 Å². The number of carbonyl (C=O) groups is 3.